The zero-order chi connectivity index (χ0) is 20.5. The third-order valence-corrected chi connectivity index (χ3v) is 4.23. The minimum atomic E-state index is -0.243. The van der Waals surface area contributed by atoms with Gasteiger partial charge in [-0.25, -0.2) is 0 Å². The first-order valence-corrected chi connectivity index (χ1v) is 9.62. The molecule has 0 spiro atoms. The number of benzene rings is 3. The normalized spacial score (nSPS) is 10.2. The van der Waals surface area contributed by atoms with Gasteiger partial charge in [0.05, 0.1) is 0 Å². The zero-order valence-electron chi connectivity index (χ0n) is 16.4. The van der Waals surface area contributed by atoms with Crippen LogP contribution < -0.4 is 15.4 Å². The van der Waals surface area contributed by atoms with Gasteiger partial charge in [0.2, 0.25) is 5.91 Å². The Hall–Kier alpha value is -3.60. The summed E-state index contributed by atoms with van der Waals surface area (Å²) < 4.78 is 5.79. The van der Waals surface area contributed by atoms with Gasteiger partial charge in [-0.2, -0.15) is 0 Å². The number of carbonyl (C=O) groups is 2. The van der Waals surface area contributed by atoms with Gasteiger partial charge in [-0.15, -0.1) is 0 Å². The molecule has 0 saturated carbocycles. The number of anilines is 2. The Kier molecular flexibility index (Phi) is 7.00. The van der Waals surface area contributed by atoms with Crippen molar-refractivity contribution < 1.29 is 14.3 Å². The Bertz CT molecular complexity index is 971. The highest BCUT2D eigenvalue weighted by atomic mass is 16.5. The monoisotopic (exact) mass is 388 g/mol. The standard InChI is InChI=1S/C24H24N2O3/c1-2-8-23(27)25-20-12-7-13-21(16-20)26-24(28)19-11-6-14-22(15-19)29-17-18-9-4-3-5-10-18/h3-7,9-16H,2,8,17H2,1H3,(H,25,27)(H,26,28). The topological polar surface area (TPSA) is 67.4 Å². The van der Waals surface area contributed by atoms with Crippen LogP contribution in [0.3, 0.4) is 0 Å². The van der Waals surface area contributed by atoms with Gasteiger partial charge in [0.15, 0.2) is 0 Å². The Morgan fingerprint density at radius 2 is 1.55 bits per heavy atom. The Morgan fingerprint density at radius 1 is 0.828 bits per heavy atom. The first kappa shape index (κ1) is 20.1. The van der Waals surface area contributed by atoms with Crippen molar-refractivity contribution >= 4 is 23.2 Å². The van der Waals surface area contributed by atoms with Crippen molar-refractivity contribution in [1.29, 1.82) is 0 Å². The van der Waals surface area contributed by atoms with Crippen molar-refractivity contribution in [3.8, 4) is 5.75 Å². The Balaban J connectivity index is 1.62. The molecule has 0 aromatic heterocycles. The molecule has 0 heterocycles. The van der Waals surface area contributed by atoms with Gasteiger partial charge in [0.1, 0.15) is 12.4 Å². The molecule has 0 bridgehead atoms. The summed E-state index contributed by atoms with van der Waals surface area (Å²) in [7, 11) is 0. The quantitative estimate of drug-likeness (QED) is 0.553. The molecular weight excluding hydrogens is 364 g/mol. The molecule has 29 heavy (non-hydrogen) atoms. The number of rotatable bonds is 8. The number of nitrogens with one attached hydrogen (secondary N) is 2. The predicted octanol–water partition coefficient (Wildman–Crippen LogP) is 5.26. The summed E-state index contributed by atoms with van der Waals surface area (Å²) in [5.74, 6) is 0.341. The lowest BCUT2D eigenvalue weighted by molar-refractivity contribution is -0.116. The Morgan fingerprint density at radius 3 is 2.31 bits per heavy atom. The van der Waals surface area contributed by atoms with Gasteiger partial charge < -0.3 is 15.4 Å². The van der Waals surface area contributed by atoms with Gasteiger partial charge in [0, 0.05) is 23.4 Å². The van der Waals surface area contributed by atoms with Crippen LogP contribution in [-0.2, 0) is 11.4 Å². The molecule has 5 heteroatoms. The highest BCUT2D eigenvalue weighted by Gasteiger charge is 2.09. The molecule has 0 unspecified atom stereocenters. The molecule has 0 atom stereocenters. The summed E-state index contributed by atoms with van der Waals surface area (Å²) in [6, 6.07) is 24.0. The Labute approximate surface area is 170 Å². The van der Waals surface area contributed by atoms with Crippen molar-refractivity contribution in [2.45, 2.75) is 26.4 Å². The van der Waals surface area contributed by atoms with E-state index in [0.717, 1.165) is 12.0 Å². The second kappa shape index (κ2) is 10.1. The number of carbonyl (C=O) groups excluding carboxylic acids is 2. The first-order chi connectivity index (χ1) is 14.1. The molecular formula is C24H24N2O3. The molecule has 0 aliphatic carbocycles. The van der Waals surface area contributed by atoms with Gasteiger partial charge in [0.25, 0.3) is 5.91 Å². The molecule has 3 rings (SSSR count). The molecule has 5 nitrogen and oxygen atoms in total. The minimum absolute atomic E-state index is 0.0424. The van der Waals surface area contributed by atoms with E-state index in [1.54, 1.807) is 42.5 Å². The van der Waals surface area contributed by atoms with Gasteiger partial charge >= 0.3 is 0 Å². The molecule has 2 N–H and O–H groups in total. The van der Waals surface area contributed by atoms with Crippen molar-refractivity contribution in [3.63, 3.8) is 0 Å². The molecule has 0 aliphatic rings. The van der Waals surface area contributed by atoms with Crippen LogP contribution in [0.5, 0.6) is 5.75 Å². The van der Waals surface area contributed by atoms with Crippen molar-refractivity contribution in [3.05, 3.63) is 90.0 Å². The molecule has 148 valence electrons. The number of hydrogen-bond donors (Lipinski definition) is 2. The third-order valence-electron chi connectivity index (χ3n) is 4.23. The molecule has 0 aliphatic heterocycles. The highest BCUT2D eigenvalue weighted by molar-refractivity contribution is 6.05. The lowest BCUT2D eigenvalue weighted by Crippen LogP contribution is -2.13. The van der Waals surface area contributed by atoms with Crippen LogP contribution >= 0.6 is 0 Å². The fourth-order valence-electron chi connectivity index (χ4n) is 2.80. The molecule has 3 aromatic carbocycles. The highest BCUT2D eigenvalue weighted by Crippen LogP contribution is 2.19. The number of hydrogen-bond acceptors (Lipinski definition) is 3. The van der Waals surface area contributed by atoms with Gasteiger partial charge in [-0.3, -0.25) is 9.59 Å². The molecule has 0 fully saturated rings. The van der Waals surface area contributed by atoms with Crippen molar-refractivity contribution in [1.82, 2.24) is 0 Å². The second-order valence-corrected chi connectivity index (χ2v) is 6.64. The molecule has 0 saturated heterocycles. The van der Waals surface area contributed by atoms with Crippen LogP contribution in [0.1, 0.15) is 35.7 Å². The molecule has 0 radical (unpaired) electrons. The van der Waals surface area contributed by atoms with Crippen LogP contribution in [0.15, 0.2) is 78.9 Å². The fourth-order valence-corrected chi connectivity index (χ4v) is 2.80. The first-order valence-electron chi connectivity index (χ1n) is 9.62. The lowest BCUT2D eigenvalue weighted by atomic mass is 10.2. The minimum Gasteiger partial charge on any atom is -0.489 e. The summed E-state index contributed by atoms with van der Waals surface area (Å²) in [6.07, 6.45) is 1.25. The van der Waals surface area contributed by atoms with E-state index >= 15 is 0 Å². The lowest BCUT2D eigenvalue weighted by Gasteiger charge is -2.10. The second-order valence-electron chi connectivity index (χ2n) is 6.64. The van der Waals surface area contributed by atoms with Crippen molar-refractivity contribution in [2.24, 2.45) is 0 Å². The summed E-state index contributed by atoms with van der Waals surface area (Å²) in [6.45, 7) is 2.39. The summed E-state index contributed by atoms with van der Waals surface area (Å²) in [5, 5.41) is 5.69. The van der Waals surface area contributed by atoms with E-state index in [2.05, 4.69) is 10.6 Å². The van der Waals surface area contributed by atoms with Crippen molar-refractivity contribution in [2.75, 3.05) is 10.6 Å². The fraction of sp³-hybridized carbons (Fsp3) is 0.167. The number of amides is 2. The van der Waals surface area contributed by atoms with Gasteiger partial charge in [-0.1, -0.05) is 49.4 Å². The van der Waals surface area contributed by atoms with E-state index in [4.69, 9.17) is 4.74 Å². The maximum Gasteiger partial charge on any atom is 0.255 e. The maximum atomic E-state index is 12.6. The van der Waals surface area contributed by atoms with Crippen LogP contribution in [0.2, 0.25) is 0 Å². The average molecular weight is 388 g/mol. The third kappa shape index (κ3) is 6.21. The maximum absolute atomic E-state index is 12.6. The summed E-state index contributed by atoms with van der Waals surface area (Å²) in [4.78, 5) is 24.4. The SMILES string of the molecule is CCCC(=O)Nc1cccc(NC(=O)c2cccc(OCc3ccccc3)c2)c1. The van der Waals surface area contributed by atoms with E-state index in [1.165, 1.54) is 0 Å². The van der Waals surface area contributed by atoms with E-state index in [9.17, 15) is 9.59 Å². The van der Waals surface area contributed by atoms with E-state index in [-0.39, 0.29) is 11.8 Å². The molecule has 3 aromatic rings. The van der Waals surface area contributed by atoms with Crippen LogP contribution in [-0.4, -0.2) is 11.8 Å². The van der Waals surface area contributed by atoms with Gasteiger partial charge in [-0.05, 0) is 48.4 Å². The van der Waals surface area contributed by atoms with Crippen LogP contribution in [0, 0.1) is 0 Å². The van der Waals surface area contributed by atoms with E-state index < -0.39 is 0 Å². The predicted molar refractivity (Wildman–Crippen MR) is 115 cm³/mol. The van der Waals surface area contributed by atoms with Crippen LogP contribution in [0.4, 0.5) is 11.4 Å². The smallest absolute Gasteiger partial charge is 0.255 e. The van der Waals surface area contributed by atoms with Crippen LogP contribution in [0.25, 0.3) is 0 Å². The number of ether oxygens (including phenoxy) is 1. The van der Waals surface area contributed by atoms with E-state index in [1.807, 2.05) is 43.3 Å². The summed E-state index contributed by atoms with van der Waals surface area (Å²) in [5.41, 5.74) is 2.82. The van der Waals surface area contributed by atoms with E-state index in [0.29, 0.717) is 35.7 Å². The summed E-state index contributed by atoms with van der Waals surface area (Å²) >= 11 is 0. The average Bonchev–Trinajstić information content (AvgIpc) is 2.73. The zero-order valence-corrected chi connectivity index (χ0v) is 16.4. The largest absolute Gasteiger partial charge is 0.489 e. The molecule has 2 amide bonds.